The summed E-state index contributed by atoms with van der Waals surface area (Å²) in [5.74, 6) is 1.03. The van der Waals surface area contributed by atoms with Gasteiger partial charge in [0.05, 0.1) is 6.04 Å². The summed E-state index contributed by atoms with van der Waals surface area (Å²) in [7, 11) is 0. The molecule has 1 aliphatic carbocycles. The number of nitrogens with zero attached hydrogens (tertiary/aromatic N) is 2. The predicted octanol–water partition coefficient (Wildman–Crippen LogP) is 2.34. The van der Waals surface area contributed by atoms with Gasteiger partial charge in [0.1, 0.15) is 5.75 Å². The number of rotatable bonds is 4. The Balaban J connectivity index is 1.48. The van der Waals surface area contributed by atoms with E-state index < -0.39 is 0 Å². The molecule has 2 fully saturated rings. The van der Waals surface area contributed by atoms with E-state index >= 15 is 0 Å². The highest BCUT2D eigenvalue weighted by Crippen LogP contribution is 2.27. The van der Waals surface area contributed by atoms with Crippen LogP contribution in [-0.4, -0.2) is 48.1 Å². The number of anilines is 1. The van der Waals surface area contributed by atoms with Gasteiger partial charge in [0.2, 0.25) is 5.91 Å². The molecule has 1 unspecified atom stereocenters. The topological polar surface area (TPSA) is 69.8 Å². The van der Waals surface area contributed by atoms with Gasteiger partial charge in [0.25, 0.3) is 0 Å². The van der Waals surface area contributed by atoms with E-state index in [4.69, 9.17) is 5.73 Å². The van der Waals surface area contributed by atoms with Crippen molar-refractivity contribution < 1.29 is 9.90 Å². The zero-order valence-electron chi connectivity index (χ0n) is 14.4. The van der Waals surface area contributed by atoms with Crippen LogP contribution in [0.5, 0.6) is 5.75 Å². The van der Waals surface area contributed by atoms with Gasteiger partial charge in [-0.1, -0.05) is 32.1 Å². The molecule has 0 radical (unpaired) electrons. The summed E-state index contributed by atoms with van der Waals surface area (Å²) >= 11 is 0. The number of hydrogen-bond acceptors (Lipinski definition) is 4. The lowest BCUT2D eigenvalue weighted by molar-refractivity contribution is -0.133. The highest BCUT2D eigenvalue weighted by atomic mass is 16.3. The molecule has 3 rings (SSSR count). The summed E-state index contributed by atoms with van der Waals surface area (Å²) in [5, 5.41) is 9.38. The monoisotopic (exact) mass is 331 g/mol. The smallest absolute Gasteiger partial charge is 0.239 e. The van der Waals surface area contributed by atoms with Gasteiger partial charge in [0, 0.05) is 31.9 Å². The van der Waals surface area contributed by atoms with Crippen molar-refractivity contribution in [2.24, 2.45) is 11.7 Å². The first-order valence-electron chi connectivity index (χ1n) is 9.22. The third kappa shape index (κ3) is 4.20. The largest absolute Gasteiger partial charge is 0.508 e. The normalized spacial score (nSPS) is 20.9. The molecule has 5 heteroatoms. The summed E-state index contributed by atoms with van der Waals surface area (Å²) in [6, 6.07) is 6.90. The molecule has 1 amide bonds. The SMILES string of the molecule is NC(CC1CCCCC1)C(=O)N1CCN(c2ccc(O)cc2)CC1. The number of phenolic OH excluding ortho intramolecular Hbond substituents is 1. The van der Waals surface area contributed by atoms with Crippen molar-refractivity contribution in [1.82, 2.24) is 4.90 Å². The Bertz CT molecular complexity index is 532. The average molecular weight is 331 g/mol. The minimum atomic E-state index is -0.340. The van der Waals surface area contributed by atoms with Crippen LogP contribution in [0.1, 0.15) is 38.5 Å². The van der Waals surface area contributed by atoms with Crippen molar-refractivity contribution in [3.63, 3.8) is 0 Å². The summed E-state index contributed by atoms with van der Waals surface area (Å²) in [5.41, 5.74) is 7.30. The van der Waals surface area contributed by atoms with Crippen LogP contribution in [0.2, 0.25) is 0 Å². The molecule has 132 valence electrons. The molecule has 1 saturated carbocycles. The molecule has 1 aliphatic heterocycles. The Morgan fingerprint density at radius 2 is 1.71 bits per heavy atom. The van der Waals surface area contributed by atoms with Gasteiger partial charge in [-0.3, -0.25) is 4.79 Å². The maximum atomic E-state index is 12.6. The van der Waals surface area contributed by atoms with E-state index in [1.807, 2.05) is 17.0 Å². The molecule has 1 aromatic carbocycles. The fourth-order valence-corrected chi connectivity index (χ4v) is 3.97. The van der Waals surface area contributed by atoms with Gasteiger partial charge < -0.3 is 20.6 Å². The van der Waals surface area contributed by atoms with Crippen LogP contribution >= 0.6 is 0 Å². The number of aromatic hydroxyl groups is 1. The van der Waals surface area contributed by atoms with E-state index in [9.17, 15) is 9.90 Å². The average Bonchev–Trinajstić information content (AvgIpc) is 2.63. The highest BCUT2D eigenvalue weighted by molar-refractivity contribution is 5.82. The number of piperazine rings is 1. The first-order valence-corrected chi connectivity index (χ1v) is 9.22. The zero-order valence-corrected chi connectivity index (χ0v) is 14.4. The van der Waals surface area contributed by atoms with Crippen LogP contribution in [-0.2, 0) is 4.79 Å². The summed E-state index contributed by atoms with van der Waals surface area (Å²) < 4.78 is 0. The van der Waals surface area contributed by atoms with Crippen LogP contribution in [0, 0.1) is 5.92 Å². The number of carbonyl (C=O) groups is 1. The zero-order chi connectivity index (χ0) is 16.9. The van der Waals surface area contributed by atoms with Crippen LogP contribution in [0.3, 0.4) is 0 Å². The molecule has 1 heterocycles. The third-order valence-electron chi connectivity index (χ3n) is 5.44. The van der Waals surface area contributed by atoms with E-state index in [0.717, 1.165) is 38.3 Å². The molecule has 0 bridgehead atoms. The first kappa shape index (κ1) is 17.1. The quantitative estimate of drug-likeness (QED) is 0.888. The van der Waals surface area contributed by atoms with E-state index in [1.54, 1.807) is 12.1 Å². The van der Waals surface area contributed by atoms with E-state index in [0.29, 0.717) is 5.92 Å². The Kier molecular flexibility index (Phi) is 5.61. The van der Waals surface area contributed by atoms with Crippen LogP contribution < -0.4 is 10.6 Å². The van der Waals surface area contributed by atoms with Gasteiger partial charge in [-0.25, -0.2) is 0 Å². The minimum Gasteiger partial charge on any atom is -0.508 e. The van der Waals surface area contributed by atoms with Crippen LogP contribution in [0.4, 0.5) is 5.69 Å². The molecule has 24 heavy (non-hydrogen) atoms. The molecule has 0 spiro atoms. The van der Waals surface area contributed by atoms with Gasteiger partial charge >= 0.3 is 0 Å². The Morgan fingerprint density at radius 3 is 2.33 bits per heavy atom. The molecule has 1 aromatic rings. The lowest BCUT2D eigenvalue weighted by atomic mass is 9.84. The lowest BCUT2D eigenvalue weighted by Crippen LogP contribution is -2.53. The van der Waals surface area contributed by atoms with Crippen LogP contribution in [0.15, 0.2) is 24.3 Å². The Morgan fingerprint density at radius 1 is 1.08 bits per heavy atom. The van der Waals surface area contributed by atoms with E-state index in [2.05, 4.69) is 4.90 Å². The van der Waals surface area contributed by atoms with Crippen LogP contribution in [0.25, 0.3) is 0 Å². The van der Waals surface area contributed by atoms with Crippen molar-refractivity contribution in [2.45, 2.75) is 44.6 Å². The Hall–Kier alpha value is -1.75. The van der Waals surface area contributed by atoms with Gasteiger partial charge in [-0.15, -0.1) is 0 Å². The van der Waals surface area contributed by atoms with E-state index in [-0.39, 0.29) is 17.7 Å². The lowest BCUT2D eigenvalue weighted by Gasteiger charge is -2.37. The second kappa shape index (κ2) is 7.88. The summed E-state index contributed by atoms with van der Waals surface area (Å²) in [4.78, 5) is 16.8. The fraction of sp³-hybridized carbons (Fsp3) is 0.632. The number of hydrogen-bond donors (Lipinski definition) is 2. The van der Waals surface area contributed by atoms with E-state index in [1.165, 1.54) is 32.1 Å². The number of phenols is 1. The van der Waals surface area contributed by atoms with Gasteiger partial charge in [0.15, 0.2) is 0 Å². The number of amides is 1. The molecule has 5 nitrogen and oxygen atoms in total. The van der Waals surface area contributed by atoms with Crippen molar-refractivity contribution in [1.29, 1.82) is 0 Å². The number of carbonyl (C=O) groups excluding carboxylic acids is 1. The summed E-state index contributed by atoms with van der Waals surface area (Å²) in [6.45, 7) is 3.06. The Labute approximate surface area is 144 Å². The van der Waals surface area contributed by atoms with Crippen molar-refractivity contribution in [3.05, 3.63) is 24.3 Å². The molecule has 1 saturated heterocycles. The summed E-state index contributed by atoms with van der Waals surface area (Å²) in [6.07, 6.45) is 7.22. The fourth-order valence-electron chi connectivity index (χ4n) is 3.97. The second-order valence-corrected chi connectivity index (χ2v) is 7.17. The predicted molar refractivity (Wildman–Crippen MR) is 96.1 cm³/mol. The molecular formula is C19H29N3O2. The third-order valence-corrected chi connectivity index (χ3v) is 5.44. The molecule has 1 atom stereocenters. The van der Waals surface area contributed by atoms with Crippen molar-refractivity contribution >= 4 is 11.6 Å². The molecule has 2 aliphatic rings. The van der Waals surface area contributed by atoms with Crippen molar-refractivity contribution in [3.8, 4) is 5.75 Å². The molecule has 3 N–H and O–H groups in total. The molecular weight excluding hydrogens is 302 g/mol. The maximum Gasteiger partial charge on any atom is 0.239 e. The minimum absolute atomic E-state index is 0.117. The highest BCUT2D eigenvalue weighted by Gasteiger charge is 2.27. The van der Waals surface area contributed by atoms with Crippen molar-refractivity contribution in [2.75, 3.05) is 31.1 Å². The van der Waals surface area contributed by atoms with Gasteiger partial charge in [-0.05, 0) is 36.6 Å². The molecule has 0 aromatic heterocycles. The maximum absolute atomic E-state index is 12.6. The second-order valence-electron chi connectivity index (χ2n) is 7.17. The van der Waals surface area contributed by atoms with Gasteiger partial charge in [-0.2, -0.15) is 0 Å². The number of nitrogens with two attached hydrogens (primary N) is 1. The first-order chi connectivity index (χ1) is 11.6. The standard InChI is InChI=1S/C19H29N3O2/c20-18(14-15-4-2-1-3-5-15)19(24)22-12-10-21(11-13-22)16-6-8-17(23)9-7-16/h6-9,15,18,23H,1-5,10-14,20H2. The number of benzene rings is 1.